The molecule has 3 aromatic rings. The zero-order chi connectivity index (χ0) is 18.4. The van der Waals surface area contributed by atoms with Crippen LogP contribution >= 0.6 is 0 Å². The molecule has 0 saturated carbocycles. The van der Waals surface area contributed by atoms with Gasteiger partial charge in [-0.15, -0.1) is 0 Å². The first-order valence-corrected chi connectivity index (χ1v) is 9.32. The van der Waals surface area contributed by atoms with E-state index in [9.17, 15) is 4.79 Å². The average molecular weight is 355 g/mol. The molecule has 0 unspecified atom stereocenters. The van der Waals surface area contributed by atoms with Gasteiger partial charge in [-0.25, -0.2) is 0 Å². The third-order valence-corrected chi connectivity index (χ3v) is 5.97. The number of hydrogen-bond donors (Lipinski definition) is 0. The van der Waals surface area contributed by atoms with Crippen molar-refractivity contribution in [2.45, 2.75) is 24.8 Å². The zero-order valence-electron chi connectivity index (χ0n) is 15.3. The molecule has 3 aromatic carbocycles. The minimum absolute atomic E-state index is 0.218. The Kier molecular flexibility index (Phi) is 3.57. The van der Waals surface area contributed by atoms with E-state index >= 15 is 0 Å². The van der Waals surface area contributed by atoms with Gasteiger partial charge in [0.1, 0.15) is 5.75 Å². The number of fused-ring (bicyclic) bond motifs is 3. The van der Waals surface area contributed by atoms with Crippen molar-refractivity contribution in [2.24, 2.45) is 0 Å². The van der Waals surface area contributed by atoms with E-state index in [1.165, 1.54) is 16.7 Å². The molecule has 1 aliphatic carbocycles. The second kappa shape index (κ2) is 5.98. The summed E-state index contributed by atoms with van der Waals surface area (Å²) >= 11 is 0. The van der Waals surface area contributed by atoms with Gasteiger partial charge < -0.3 is 9.64 Å². The highest BCUT2D eigenvalue weighted by molar-refractivity contribution is 6.09. The van der Waals surface area contributed by atoms with Crippen molar-refractivity contribution < 1.29 is 9.53 Å². The molecular formula is C24H21NO2. The number of anilines is 1. The van der Waals surface area contributed by atoms with Crippen LogP contribution in [0.1, 0.15) is 22.3 Å². The maximum Gasteiger partial charge on any atom is 0.238 e. The van der Waals surface area contributed by atoms with E-state index in [4.69, 9.17) is 4.74 Å². The lowest BCUT2D eigenvalue weighted by molar-refractivity contribution is -0.123. The van der Waals surface area contributed by atoms with Gasteiger partial charge in [0.15, 0.2) is 0 Å². The van der Waals surface area contributed by atoms with Gasteiger partial charge >= 0.3 is 0 Å². The third-order valence-electron chi connectivity index (χ3n) is 5.97. The van der Waals surface area contributed by atoms with Gasteiger partial charge in [0.05, 0.1) is 19.1 Å². The van der Waals surface area contributed by atoms with Crippen LogP contribution in [-0.2, 0) is 29.6 Å². The van der Waals surface area contributed by atoms with Crippen molar-refractivity contribution >= 4 is 11.6 Å². The summed E-state index contributed by atoms with van der Waals surface area (Å²) in [7, 11) is 1.66. The SMILES string of the molecule is COc1ccc(CN2C(=O)C3(Cc4ccccc4C3)c3ccccc32)cc1. The highest BCUT2D eigenvalue weighted by atomic mass is 16.5. The largest absolute Gasteiger partial charge is 0.497 e. The summed E-state index contributed by atoms with van der Waals surface area (Å²) in [6.07, 6.45) is 1.58. The van der Waals surface area contributed by atoms with Crippen LogP contribution < -0.4 is 9.64 Å². The van der Waals surface area contributed by atoms with Gasteiger partial charge in [0.2, 0.25) is 5.91 Å². The highest BCUT2D eigenvalue weighted by Gasteiger charge is 2.53. The van der Waals surface area contributed by atoms with E-state index in [1.54, 1.807) is 7.11 Å². The fraction of sp³-hybridized carbons (Fsp3) is 0.208. The molecule has 0 radical (unpaired) electrons. The van der Waals surface area contributed by atoms with Crippen molar-refractivity contribution in [3.05, 3.63) is 95.1 Å². The molecular weight excluding hydrogens is 334 g/mol. The molecule has 5 rings (SSSR count). The van der Waals surface area contributed by atoms with Crippen LogP contribution in [0.15, 0.2) is 72.8 Å². The predicted octanol–water partition coefficient (Wildman–Crippen LogP) is 4.28. The molecule has 1 spiro atoms. The third kappa shape index (κ3) is 2.38. The lowest BCUT2D eigenvalue weighted by Crippen LogP contribution is -2.40. The van der Waals surface area contributed by atoms with E-state index in [-0.39, 0.29) is 5.91 Å². The molecule has 27 heavy (non-hydrogen) atoms. The maximum atomic E-state index is 13.7. The van der Waals surface area contributed by atoms with Crippen molar-refractivity contribution in [3.8, 4) is 5.75 Å². The van der Waals surface area contributed by atoms with Gasteiger partial charge in [-0.3, -0.25) is 4.79 Å². The van der Waals surface area contributed by atoms with E-state index < -0.39 is 5.41 Å². The van der Waals surface area contributed by atoms with Crippen molar-refractivity contribution in [2.75, 3.05) is 12.0 Å². The van der Waals surface area contributed by atoms with Gasteiger partial charge in [-0.1, -0.05) is 54.6 Å². The molecule has 134 valence electrons. The Morgan fingerprint density at radius 2 is 1.52 bits per heavy atom. The number of para-hydroxylation sites is 1. The standard InChI is InChI=1S/C24H21NO2/c1-27-20-12-10-17(11-13-20)16-25-22-9-5-4-8-21(22)24(23(25)26)14-18-6-2-3-7-19(18)15-24/h2-13H,14-16H2,1H3. The second-order valence-electron chi connectivity index (χ2n) is 7.46. The van der Waals surface area contributed by atoms with Crippen molar-refractivity contribution in [1.29, 1.82) is 0 Å². The Balaban J connectivity index is 1.54. The number of nitrogens with zero attached hydrogens (tertiary/aromatic N) is 1. The maximum absolute atomic E-state index is 13.7. The molecule has 1 heterocycles. The fourth-order valence-corrected chi connectivity index (χ4v) is 4.62. The normalized spacial score (nSPS) is 16.5. The minimum Gasteiger partial charge on any atom is -0.497 e. The molecule has 0 aromatic heterocycles. The molecule has 3 nitrogen and oxygen atoms in total. The average Bonchev–Trinajstić information content (AvgIpc) is 3.21. The fourth-order valence-electron chi connectivity index (χ4n) is 4.62. The van der Waals surface area contributed by atoms with Gasteiger partial charge in [-0.2, -0.15) is 0 Å². The smallest absolute Gasteiger partial charge is 0.238 e. The van der Waals surface area contributed by atoms with E-state index in [0.717, 1.165) is 29.8 Å². The highest BCUT2D eigenvalue weighted by Crippen LogP contribution is 2.50. The quantitative estimate of drug-likeness (QED) is 0.702. The predicted molar refractivity (Wildman–Crippen MR) is 106 cm³/mol. The summed E-state index contributed by atoms with van der Waals surface area (Å²) < 4.78 is 5.25. The van der Waals surface area contributed by atoms with E-state index in [0.29, 0.717) is 6.54 Å². The number of carbonyl (C=O) groups is 1. The van der Waals surface area contributed by atoms with Crippen LogP contribution in [-0.4, -0.2) is 13.0 Å². The molecule has 0 fully saturated rings. The number of hydrogen-bond acceptors (Lipinski definition) is 2. The van der Waals surface area contributed by atoms with Gasteiger partial charge in [0.25, 0.3) is 0 Å². The lowest BCUT2D eigenvalue weighted by Gasteiger charge is -2.24. The number of benzene rings is 3. The Morgan fingerprint density at radius 1 is 0.889 bits per heavy atom. The molecule has 0 bridgehead atoms. The Bertz CT molecular complexity index is 998. The number of methoxy groups -OCH3 is 1. The number of rotatable bonds is 3. The van der Waals surface area contributed by atoms with Crippen molar-refractivity contribution in [1.82, 2.24) is 0 Å². The first kappa shape index (κ1) is 16.1. The Labute approximate surface area is 159 Å². The van der Waals surface area contributed by atoms with Crippen LogP contribution in [0.4, 0.5) is 5.69 Å². The molecule has 0 N–H and O–H groups in total. The van der Waals surface area contributed by atoms with Crippen LogP contribution in [0, 0.1) is 0 Å². The Morgan fingerprint density at radius 3 is 2.19 bits per heavy atom. The Hall–Kier alpha value is -3.07. The summed E-state index contributed by atoms with van der Waals surface area (Å²) in [4.78, 5) is 15.6. The molecule has 0 atom stereocenters. The van der Waals surface area contributed by atoms with Gasteiger partial charge in [0, 0.05) is 5.69 Å². The zero-order valence-corrected chi connectivity index (χ0v) is 15.3. The van der Waals surface area contributed by atoms with Crippen LogP contribution in [0.2, 0.25) is 0 Å². The second-order valence-corrected chi connectivity index (χ2v) is 7.46. The minimum atomic E-state index is -0.452. The van der Waals surface area contributed by atoms with Gasteiger partial charge in [-0.05, 0) is 53.3 Å². The number of amides is 1. The topological polar surface area (TPSA) is 29.5 Å². The summed E-state index contributed by atoms with van der Waals surface area (Å²) in [6.45, 7) is 0.581. The number of carbonyl (C=O) groups excluding carboxylic acids is 1. The van der Waals surface area contributed by atoms with E-state index in [1.807, 2.05) is 41.3 Å². The molecule has 1 aliphatic heterocycles. The molecule has 3 heteroatoms. The van der Waals surface area contributed by atoms with E-state index in [2.05, 4.69) is 36.4 Å². The first-order valence-electron chi connectivity index (χ1n) is 9.32. The summed E-state index contributed by atoms with van der Waals surface area (Å²) in [5.74, 6) is 1.05. The first-order chi connectivity index (χ1) is 13.2. The lowest BCUT2D eigenvalue weighted by atomic mass is 9.79. The van der Waals surface area contributed by atoms with Crippen molar-refractivity contribution in [3.63, 3.8) is 0 Å². The van der Waals surface area contributed by atoms with Crippen LogP contribution in [0.5, 0.6) is 5.75 Å². The summed E-state index contributed by atoms with van der Waals surface area (Å²) in [5.41, 5.74) is 5.46. The monoisotopic (exact) mass is 355 g/mol. The van der Waals surface area contributed by atoms with Crippen LogP contribution in [0.3, 0.4) is 0 Å². The molecule has 0 saturated heterocycles. The molecule has 2 aliphatic rings. The molecule has 1 amide bonds. The van der Waals surface area contributed by atoms with Crippen LogP contribution in [0.25, 0.3) is 0 Å². The summed E-state index contributed by atoms with van der Waals surface area (Å²) in [6, 6.07) is 24.7. The number of ether oxygens (including phenoxy) is 1. The summed E-state index contributed by atoms with van der Waals surface area (Å²) in [5, 5.41) is 0.